The zero-order valence-electron chi connectivity index (χ0n) is 12.5. The molecule has 2 heterocycles. The lowest BCUT2D eigenvalue weighted by molar-refractivity contribution is 0.0968. The van der Waals surface area contributed by atoms with Crippen molar-refractivity contribution < 1.29 is 4.79 Å². The molecule has 3 rings (SSSR count). The van der Waals surface area contributed by atoms with Gasteiger partial charge in [-0.2, -0.15) is 0 Å². The smallest absolute Gasteiger partial charge is 0.263 e. The summed E-state index contributed by atoms with van der Waals surface area (Å²) in [5.41, 5.74) is 8.10. The Bertz CT molecular complexity index is 891. The summed E-state index contributed by atoms with van der Waals surface area (Å²) in [5, 5.41) is 6.83. The Kier molecular flexibility index (Phi) is 4.06. The largest absolute Gasteiger partial charge is 0.397 e. The van der Waals surface area contributed by atoms with E-state index >= 15 is 0 Å². The fraction of sp³-hybridized carbons (Fsp3) is 0.133. The van der Waals surface area contributed by atoms with E-state index in [2.05, 4.69) is 20.6 Å². The van der Waals surface area contributed by atoms with E-state index in [9.17, 15) is 4.79 Å². The van der Waals surface area contributed by atoms with E-state index in [0.29, 0.717) is 37.4 Å². The first-order chi connectivity index (χ1) is 11.0. The third-order valence-corrected chi connectivity index (χ3v) is 4.71. The standard InChI is InChI=1S/C15H14ClN5OS/c1-18-13(22)12-10(17)9-11(7-3-5-8(16)6-4-7)20-15(19-2)21-14(9)23-12/h3-6H,17H2,1-2H3,(H,18,22)(H,19,20,21). The van der Waals surface area contributed by atoms with Crippen LogP contribution >= 0.6 is 22.9 Å². The van der Waals surface area contributed by atoms with Gasteiger partial charge in [-0.3, -0.25) is 4.79 Å². The van der Waals surface area contributed by atoms with Crippen LogP contribution in [0.3, 0.4) is 0 Å². The van der Waals surface area contributed by atoms with Crippen LogP contribution in [0.4, 0.5) is 11.6 Å². The summed E-state index contributed by atoms with van der Waals surface area (Å²) in [5.74, 6) is 0.228. The van der Waals surface area contributed by atoms with Crippen molar-refractivity contribution in [2.45, 2.75) is 0 Å². The molecule has 3 aromatic rings. The van der Waals surface area contributed by atoms with Crippen LogP contribution in [0.2, 0.25) is 5.02 Å². The second kappa shape index (κ2) is 6.02. The highest BCUT2D eigenvalue weighted by Gasteiger charge is 2.21. The number of hydrogen-bond donors (Lipinski definition) is 3. The highest BCUT2D eigenvalue weighted by atomic mass is 35.5. The van der Waals surface area contributed by atoms with Crippen molar-refractivity contribution in [3.63, 3.8) is 0 Å². The molecule has 2 aromatic heterocycles. The first kappa shape index (κ1) is 15.5. The summed E-state index contributed by atoms with van der Waals surface area (Å²) in [6.45, 7) is 0. The molecule has 23 heavy (non-hydrogen) atoms. The van der Waals surface area contributed by atoms with Gasteiger partial charge in [0, 0.05) is 24.7 Å². The maximum Gasteiger partial charge on any atom is 0.263 e. The SMILES string of the molecule is CNC(=O)c1sc2nc(NC)nc(-c3ccc(Cl)cc3)c2c1N. The summed E-state index contributed by atoms with van der Waals surface area (Å²) in [4.78, 5) is 22.0. The molecule has 6 nitrogen and oxygen atoms in total. The maximum atomic E-state index is 12.0. The molecule has 0 aliphatic heterocycles. The van der Waals surface area contributed by atoms with Crippen LogP contribution in [0.25, 0.3) is 21.5 Å². The number of hydrogen-bond acceptors (Lipinski definition) is 6. The molecule has 0 aliphatic rings. The van der Waals surface area contributed by atoms with Crippen molar-refractivity contribution in [2.24, 2.45) is 0 Å². The minimum absolute atomic E-state index is 0.237. The monoisotopic (exact) mass is 347 g/mol. The molecular formula is C15H14ClN5OS. The summed E-state index contributed by atoms with van der Waals surface area (Å²) in [7, 11) is 3.31. The van der Waals surface area contributed by atoms with Gasteiger partial charge in [0.15, 0.2) is 0 Å². The molecular weight excluding hydrogens is 334 g/mol. The van der Waals surface area contributed by atoms with E-state index in [4.69, 9.17) is 17.3 Å². The molecule has 4 N–H and O–H groups in total. The van der Waals surface area contributed by atoms with E-state index in [0.717, 1.165) is 5.56 Å². The van der Waals surface area contributed by atoms with Gasteiger partial charge >= 0.3 is 0 Å². The first-order valence-electron chi connectivity index (χ1n) is 6.81. The quantitative estimate of drug-likeness (QED) is 0.677. The van der Waals surface area contributed by atoms with Crippen molar-refractivity contribution in [2.75, 3.05) is 25.1 Å². The van der Waals surface area contributed by atoms with Gasteiger partial charge < -0.3 is 16.4 Å². The summed E-state index contributed by atoms with van der Waals surface area (Å²) >= 11 is 7.19. The molecule has 0 atom stereocenters. The molecule has 0 saturated heterocycles. The van der Waals surface area contributed by atoms with Crippen LogP contribution in [0, 0.1) is 0 Å². The Morgan fingerprint density at radius 1 is 1.22 bits per heavy atom. The Balaban J connectivity index is 2.32. The van der Waals surface area contributed by atoms with E-state index in [1.54, 1.807) is 26.2 Å². The van der Waals surface area contributed by atoms with Crippen molar-refractivity contribution in [3.8, 4) is 11.3 Å². The predicted molar refractivity (Wildman–Crippen MR) is 95.2 cm³/mol. The minimum Gasteiger partial charge on any atom is -0.397 e. The van der Waals surface area contributed by atoms with Crippen molar-refractivity contribution in [3.05, 3.63) is 34.2 Å². The molecule has 1 amide bonds. The summed E-state index contributed by atoms with van der Waals surface area (Å²) < 4.78 is 0. The van der Waals surface area contributed by atoms with Crippen LogP contribution in [0.15, 0.2) is 24.3 Å². The number of nitrogens with zero attached hydrogens (tertiary/aromatic N) is 2. The van der Waals surface area contributed by atoms with Gasteiger partial charge in [0.05, 0.1) is 16.8 Å². The third-order valence-electron chi connectivity index (χ3n) is 3.36. The highest BCUT2D eigenvalue weighted by Crippen LogP contribution is 2.39. The second-order valence-electron chi connectivity index (χ2n) is 4.76. The van der Waals surface area contributed by atoms with Crippen LogP contribution in [0.5, 0.6) is 0 Å². The number of carbonyl (C=O) groups excluding carboxylic acids is 1. The Morgan fingerprint density at radius 3 is 2.52 bits per heavy atom. The average Bonchev–Trinajstić information content (AvgIpc) is 2.91. The van der Waals surface area contributed by atoms with Crippen LogP contribution < -0.4 is 16.4 Å². The van der Waals surface area contributed by atoms with E-state index in [1.165, 1.54) is 11.3 Å². The number of anilines is 2. The number of nitrogen functional groups attached to an aromatic ring is 1. The highest BCUT2D eigenvalue weighted by molar-refractivity contribution is 7.21. The van der Waals surface area contributed by atoms with Crippen molar-refractivity contribution in [1.82, 2.24) is 15.3 Å². The lowest BCUT2D eigenvalue weighted by Gasteiger charge is -2.07. The van der Waals surface area contributed by atoms with E-state index < -0.39 is 0 Å². The van der Waals surface area contributed by atoms with Gasteiger partial charge in [0.25, 0.3) is 5.91 Å². The molecule has 0 saturated carbocycles. The topological polar surface area (TPSA) is 92.9 Å². The molecule has 0 aliphatic carbocycles. The molecule has 0 unspecified atom stereocenters. The minimum atomic E-state index is -0.237. The lowest BCUT2D eigenvalue weighted by Crippen LogP contribution is -2.17. The first-order valence-corrected chi connectivity index (χ1v) is 8.00. The van der Waals surface area contributed by atoms with Crippen molar-refractivity contribution >= 4 is 50.7 Å². The number of thiophene rings is 1. The predicted octanol–water partition coefficient (Wildman–Crippen LogP) is 3.00. The summed E-state index contributed by atoms with van der Waals surface area (Å²) in [6, 6.07) is 7.29. The van der Waals surface area contributed by atoms with Gasteiger partial charge in [0.1, 0.15) is 9.71 Å². The third kappa shape index (κ3) is 2.69. The van der Waals surface area contributed by atoms with E-state index in [-0.39, 0.29) is 5.91 Å². The number of amides is 1. The number of halogens is 1. The maximum absolute atomic E-state index is 12.0. The number of benzene rings is 1. The molecule has 0 bridgehead atoms. The number of rotatable bonds is 3. The van der Waals surface area contributed by atoms with Gasteiger partial charge in [-0.25, -0.2) is 9.97 Å². The van der Waals surface area contributed by atoms with Gasteiger partial charge in [-0.1, -0.05) is 23.7 Å². The number of carbonyl (C=O) groups is 1. The molecule has 8 heteroatoms. The number of nitrogens with one attached hydrogen (secondary N) is 2. The van der Waals surface area contributed by atoms with Crippen LogP contribution in [-0.2, 0) is 0 Å². The van der Waals surface area contributed by atoms with E-state index in [1.807, 2.05) is 12.1 Å². The average molecular weight is 348 g/mol. The Hall–Kier alpha value is -2.38. The van der Waals surface area contributed by atoms with Crippen LogP contribution in [-0.4, -0.2) is 30.0 Å². The van der Waals surface area contributed by atoms with Gasteiger partial charge in [-0.05, 0) is 12.1 Å². The zero-order valence-corrected chi connectivity index (χ0v) is 14.0. The molecule has 0 fully saturated rings. The molecule has 118 valence electrons. The van der Waals surface area contributed by atoms with Crippen molar-refractivity contribution in [1.29, 1.82) is 0 Å². The fourth-order valence-corrected chi connectivity index (χ4v) is 3.40. The lowest BCUT2D eigenvalue weighted by atomic mass is 10.1. The summed E-state index contributed by atoms with van der Waals surface area (Å²) in [6.07, 6.45) is 0. The second-order valence-corrected chi connectivity index (χ2v) is 6.19. The van der Waals surface area contributed by atoms with Gasteiger partial charge in [-0.15, -0.1) is 11.3 Å². The number of nitrogens with two attached hydrogens (primary N) is 1. The van der Waals surface area contributed by atoms with Gasteiger partial charge in [0.2, 0.25) is 5.95 Å². The number of aromatic nitrogens is 2. The molecule has 0 radical (unpaired) electrons. The normalized spacial score (nSPS) is 10.7. The number of fused-ring (bicyclic) bond motifs is 1. The van der Waals surface area contributed by atoms with Crippen LogP contribution in [0.1, 0.15) is 9.67 Å². The Labute approximate surface area is 141 Å². The Morgan fingerprint density at radius 2 is 1.91 bits per heavy atom. The fourth-order valence-electron chi connectivity index (χ4n) is 2.23. The molecule has 1 aromatic carbocycles. The zero-order chi connectivity index (χ0) is 16.6. The molecule has 0 spiro atoms.